The van der Waals surface area contributed by atoms with E-state index in [1.807, 2.05) is 6.92 Å². The summed E-state index contributed by atoms with van der Waals surface area (Å²) < 4.78 is 18.9. The van der Waals surface area contributed by atoms with Crippen LogP contribution in [0.1, 0.15) is 20.3 Å². The number of rotatable bonds is 4. The van der Waals surface area contributed by atoms with Crippen molar-refractivity contribution in [3.63, 3.8) is 0 Å². The maximum atomic E-state index is 13.5. The molecule has 1 aliphatic heterocycles. The van der Waals surface area contributed by atoms with Crippen molar-refractivity contribution in [1.82, 2.24) is 4.90 Å². The van der Waals surface area contributed by atoms with E-state index in [9.17, 15) is 14.0 Å². The quantitative estimate of drug-likeness (QED) is 0.925. The highest BCUT2D eigenvalue weighted by atomic mass is 19.1. The van der Waals surface area contributed by atoms with E-state index in [4.69, 9.17) is 9.84 Å². The van der Waals surface area contributed by atoms with E-state index in [0.29, 0.717) is 19.5 Å². The number of carbonyl (C=O) groups excluding carboxylic acids is 1. The van der Waals surface area contributed by atoms with Crippen molar-refractivity contribution >= 4 is 11.9 Å². The van der Waals surface area contributed by atoms with E-state index in [1.165, 1.54) is 12.1 Å². The zero-order chi connectivity index (χ0) is 16.3. The van der Waals surface area contributed by atoms with Gasteiger partial charge in [-0.25, -0.2) is 4.39 Å². The summed E-state index contributed by atoms with van der Waals surface area (Å²) in [4.78, 5) is 25.0. The second-order valence-corrected chi connectivity index (χ2v) is 5.69. The van der Waals surface area contributed by atoms with E-state index >= 15 is 0 Å². The topological polar surface area (TPSA) is 66.8 Å². The second kappa shape index (κ2) is 6.77. The Hall–Kier alpha value is -2.11. The molecule has 2 rings (SSSR count). The molecule has 22 heavy (non-hydrogen) atoms. The minimum Gasteiger partial charge on any atom is -0.481 e. The van der Waals surface area contributed by atoms with Crippen molar-refractivity contribution in [3.8, 4) is 5.75 Å². The number of carboxylic acid groups (broad SMARTS) is 1. The van der Waals surface area contributed by atoms with Crippen molar-refractivity contribution in [2.24, 2.45) is 11.8 Å². The van der Waals surface area contributed by atoms with E-state index in [-0.39, 0.29) is 17.6 Å². The lowest BCUT2D eigenvalue weighted by molar-refractivity contribution is -0.150. The Morgan fingerprint density at radius 1 is 1.41 bits per heavy atom. The molecule has 0 bridgehead atoms. The van der Waals surface area contributed by atoms with Gasteiger partial charge in [-0.1, -0.05) is 19.1 Å². The highest BCUT2D eigenvalue weighted by Crippen LogP contribution is 2.25. The summed E-state index contributed by atoms with van der Waals surface area (Å²) in [5, 5.41) is 9.10. The Bertz CT molecular complexity index is 563. The van der Waals surface area contributed by atoms with Gasteiger partial charge in [-0.15, -0.1) is 0 Å². The first-order valence-corrected chi connectivity index (χ1v) is 7.33. The van der Waals surface area contributed by atoms with Crippen LogP contribution in [-0.4, -0.2) is 41.1 Å². The van der Waals surface area contributed by atoms with Gasteiger partial charge in [-0.2, -0.15) is 0 Å². The number of amides is 1. The largest absolute Gasteiger partial charge is 0.481 e. The van der Waals surface area contributed by atoms with Crippen molar-refractivity contribution in [2.45, 2.75) is 26.4 Å². The fraction of sp³-hybridized carbons (Fsp3) is 0.500. The summed E-state index contributed by atoms with van der Waals surface area (Å²) in [6, 6.07) is 5.93. The van der Waals surface area contributed by atoms with Crippen LogP contribution in [0.15, 0.2) is 24.3 Å². The van der Waals surface area contributed by atoms with Crippen LogP contribution in [0.3, 0.4) is 0 Å². The minimum atomic E-state index is -0.824. The van der Waals surface area contributed by atoms with Crippen LogP contribution < -0.4 is 4.74 Å². The fourth-order valence-electron chi connectivity index (χ4n) is 2.75. The van der Waals surface area contributed by atoms with Gasteiger partial charge in [0.1, 0.15) is 0 Å². The second-order valence-electron chi connectivity index (χ2n) is 5.69. The van der Waals surface area contributed by atoms with E-state index in [2.05, 4.69) is 0 Å². The van der Waals surface area contributed by atoms with Crippen LogP contribution in [-0.2, 0) is 9.59 Å². The first-order valence-electron chi connectivity index (χ1n) is 7.33. The molecule has 1 heterocycles. The third-order valence-electron chi connectivity index (χ3n) is 4.02. The number of benzene rings is 1. The number of para-hydroxylation sites is 1. The van der Waals surface area contributed by atoms with Crippen molar-refractivity contribution in [3.05, 3.63) is 30.1 Å². The minimum absolute atomic E-state index is 0.0387. The van der Waals surface area contributed by atoms with Gasteiger partial charge in [0.25, 0.3) is 5.91 Å². The maximum Gasteiger partial charge on any atom is 0.306 e. The van der Waals surface area contributed by atoms with Crippen LogP contribution in [0.5, 0.6) is 5.75 Å². The van der Waals surface area contributed by atoms with E-state index in [0.717, 1.165) is 0 Å². The van der Waals surface area contributed by atoms with Gasteiger partial charge >= 0.3 is 5.97 Å². The summed E-state index contributed by atoms with van der Waals surface area (Å²) in [6.45, 7) is 4.15. The fourth-order valence-corrected chi connectivity index (χ4v) is 2.75. The molecule has 120 valence electrons. The van der Waals surface area contributed by atoms with E-state index in [1.54, 1.807) is 24.0 Å². The first-order chi connectivity index (χ1) is 10.4. The molecule has 1 aliphatic rings. The number of carbonyl (C=O) groups is 2. The predicted molar refractivity (Wildman–Crippen MR) is 78.0 cm³/mol. The van der Waals surface area contributed by atoms with E-state index < -0.39 is 23.8 Å². The molecule has 1 amide bonds. The van der Waals surface area contributed by atoms with Gasteiger partial charge in [-0.05, 0) is 31.4 Å². The highest BCUT2D eigenvalue weighted by Gasteiger charge is 2.34. The average Bonchev–Trinajstić information content (AvgIpc) is 2.48. The number of aliphatic carboxylic acids is 1. The van der Waals surface area contributed by atoms with Crippen molar-refractivity contribution in [2.75, 3.05) is 13.1 Å². The number of hydrogen-bond donors (Lipinski definition) is 1. The lowest BCUT2D eigenvalue weighted by Crippen LogP contribution is -2.49. The van der Waals surface area contributed by atoms with Gasteiger partial charge in [0.2, 0.25) is 0 Å². The number of nitrogens with zero attached hydrogens (tertiary/aromatic N) is 1. The Morgan fingerprint density at radius 2 is 2.09 bits per heavy atom. The molecule has 3 atom stereocenters. The lowest BCUT2D eigenvalue weighted by Gasteiger charge is -2.36. The molecular formula is C16H20FNO4. The van der Waals surface area contributed by atoms with Crippen LogP contribution in [0, 0.1) is 17.7 Å². The summed E-state index contributed by atoms with van der Waals surface area (Å²) in [7, 11) is 0. The van der Waals surface area contributed by atoms with Gasteiger partial charge in [0.15, 0.2) is 17.7 Å². The number of likely N-dealkylation sites (tertiary alicyclic amines) is 1. The molecular weight excluding hydrogens is 289 g/mol. The molecule has 1 fully saturated rings. The molecule has 0 aliphatic carbocycles. The number of carboxylic acids is 1. The van der Waals surface area contributed by atoms with Crippen LogP contribution in [0.2, 0.25) is 0 Å². The first kappa shape index (κ1) is 16.3. The number of halogens is 1. The standard InChI is InChI=1S/C16H20FNO4/c1-10-9-18(8-7-12(10)16(20)21)15(19)11(2)22-14-6-4-3-5-13(14)17/h3-6,10-12H,7-9H2,1-2H3,(H,20,21). The van der Waals surface area contributed by atoms with Gasteiger partial charge < -0.3 is 14.7 Å². The molecule has 1 aromatic carbocycles. The maximum absolute atomic E-state index is 13.5. The molecule has 0 radical (unpaired) electrons. The molecule has 3 unspecified atom stereocenters. The molecule has 6 heteroatoms. The zero-order valence-electron chi connectivity index (χ0n) is 12.7. The molecule has 1 saturated heterocycles. The molecule has 0 saturated carbocycles. The third-order valence-corrected chi connectivity index (χ3v) is 4.02. The molecule has 1 N–H and O–H groups in total. The predicted octanol–water partition coefficient (Wildman–Crippen LogP) is 2.16. The van der Waals surface area contributed by atoms with Gasteiger partial charge in [-0.3, -0.25) is 9.59 Å². The van der Waals surface area contributed by atoms with Gasteiger partial charge in [0.05, 0.1) is 5.92 Å². The Balaban J connectivity index is 1.97. The van der Waals surface area contributed by atoms with Crippen LogP contribution in [0.25, 0.3) is 0 Å². The Kier molecular flexibility index (Phi) is 5.00. The Morgan fingerprint density at radius 3 is 2.68 bits per heavy atom. The number of hydrogen-bond acceptors (Lipinski definition) is 3. The SMILES string of the molecule is CC(Oc1ccccc1F)C(=O)N1CCC(C(=O)O)C(C)C1. The van der Waals surface area contributed by atoms with Crippen LogP contribution in [0.4, 0.5) is 4.39 Å². The summed E-state index contributed by atoms with van der Waals surface area (Å²) in [5.41, 5.74) is 0. The summed E-state index contributed by atoms with van der Waals surface area (Å²) in [6.07, 6.45) is -0.389. The summed E-state index contributed by atoms with van der Waals surface area (Å²) >= 11 is 0. The molecule has 1 aromatic rings. The van der Waals surface area contributed by atoms with Crippen molar-refractivity contribution < 1.29 is 23.8 Å². The number of ether oxygens (including phenoxy) is 1. The molecule has 0 aromatic heterocycles. The Labute approximate surface area is 128 Å². The average molecular weight is 309 g/mol. The summed E-state index contributed by atoms with van der Waals surface area (Å²) in [5.74, 6) is -2.09. The third kappa shape index (κ3) is 3.55. The number of piperidine rings is 1. The van der Waals surface area contributed by atoms with Crippen molar-refractivity contribution in [1.29, 1.82) is 0 Å². The highest BCUT2D eigenvalue weighted by molar-refractivity contribution is 5.81. The zero-order valence-corrected chi connectivity index (χ0v) is 12.7. The molecule has 5 nitrogen and oxygen atoms in total. The van der Waals surface area contributed by atoms with Gasteiger partial charge in [0, 0.05) is 13.1 Å². The monoisotopic (exact) mass is 309 g/mol. The molecule has 0 spiro atoms. The normalized spacial score (nSPS) is 23.0. The van der Waals surface area contributed by atoms with Crippen LogP contribution >= 0.6 is 0 Å². The lowest BCUT2D eigenvalue weighted by atomic mass is 9.87. The smallest absolute Gasteiger partial charge is 0.306 e.